The Morgan fingerprint density at radius 3 is 2.24 bits per heavy atom. The summed E-state index contributed by atoms with van der Waals surface area (Å²) < 4.78 is 31.3. The fourth-order valence-corrected chi connectivity index (χ4v) is 2.85. The zero-order chi connectivity index (χ0) is 15.6. The molecule has 0 aliphatic carbocycles. The van der Waals surface area contributed by atoms with Crippen LogP contribution in [0.1, 0.15) is 5.56 Å². The number of nitrogen functional groups attached to an aromatic ring is 1. The Labute approximate surface area is 125 Å². The Balaban J connectivity index is 2.47. The molecule has 0 atom stereocenters. The molecule has 2 aromatic rings. The third-order valence-corrected chi connectivity index (χ3v) is 4.97. The second-order valence-corrected chi connectivity index (χ2v) is 6.94. The minimum absolute atomic E-state index is 0.0404. The van der Waals surface area contributed by atoms with Crippen molar-refractivity contribution in [2.75, 3.05) is 19.8 Å². The number of nitrogens with zero attached hydrogens (tertiary/aromatic N) is 1. The third kappa shape index (κ3) is 3.01. The molecule has 0 spiro atoms. The van der Waals surface area contributed by atoms with E-state index in [0.29, 0.717) is 11.5 Å². The van der Waals surface area contributed by atoms with Gasteiger partial charge in [-0.25, -0.2) is 12.7 Å². The van der Waals surface area contributed by atoms with Gasteiger partial charge in [-0.1, -0.05) is 24.3 Å². The molecule has 0 amide bonds. The quantitative estimate of drug-likeness (QED) is 0.881. The van der Waals surface area contributed by atoms with Gasteiger partial charge in [0, 0.05) is 14.1 Å². The van der Waals surface area contributed by atoms with Crippen molar-refractivity contribution >= 4 is 15.7 Å². The predicted molar refractivity (Wildman–Crippen MR) is 83.0 cm³/mol. The molecule has 6 heteroatoms. The van der Waals surface area contributed by atoms with Crippen LogP contribution >= 0.6 is 0 Å². The first-order chi connectivity index (χ1) is 9.84. The fraction of sp³-hybridized carbons (Fsp3) is 0.200. The topological polar surface area (TPSA) is 72.6 Å². The van der Waals surface area contributed by atoms with Crippen molar-refractivity contribution in [3.05, 3.63) is 48.0 Å². The van der Waals surface area contributed by atoms with Crippen molar-refractivity contribution in [1.29, 1.82) is 0 Å². The van der Waals surface area contributed by atoms with Crippen LogP contribution < -0.4 is 10.5 Å². The first-order valence-electron chi connectivity index (χ1n) is 6.38. The summed E-state index contributed by atoms with van der Waals surface area (Å²) in [7, 11) is -0.680. The Kier molecular flexibility index (Phi) is 4.20. The second-order valence-electron chi connectivity index (χ2n) is 4.82. The predicted octanol–water partition coefficient (Wildman–Crippen LogP) is 2.62. The van der Waals surface area contributed by atoms with Crippen molar-refractivity contribution in [3.63, 3.8) is 0 Å². The minimum Gasteiger partial charge on any atom is -0.455 e. The highest BCUT2D eigenvalue weighted by molar-refractivity contribution is 7.89. The lowest BCUT2D eigenvalue weighted by Crippen LogP contribution is -2.23. The van der Waals surface area contributed by atoms with Gasteiger partial charge in [0.05, 0.1) is 5.69 Å². The molecule has 0 saturated carbocycles. The van der Waals surface area contributed by atoms with E-state index >= 15 is 0 Å². The van der Waals surface area contributed by atoms with Gasteiger partial charge in [0.2, 0.25) is 10.0 Å². The Hall–Kier alpha value is -2.05. The van der Waals surface area contributed by atoms with Crippen LogP contribution in [0.4, 0.5) is 5.69 Å². The number of hydrogen-bond acceptors (Lipinski definition) is 4. The second kappa shape index (κ2) is 5.75. The van der Waals surface area contributed by atoms with Gasteiger partial charge in [-0.2, -0.15) is 0 Å². The van der Waals surface area contributed by atoms with Crippen LogP contribution in [0.2, 0.25) is 0 Å². The van der Waals surface area contributed by atoms with E-state index in [9.17, 15) is 8.42 Å². The first-order valence-corrected chi connectivity index (χ1v) is 7.82. The lowest BCUT2D eigenvalue weighted by Gasteiger charge is -2.16. The van der Waals surface area contributed by atoms with Gasteiger partial charge in [-0.3, -0.25) is 0 Å². The normalized spacial score (nSPS) is 11.6. The Bertz CT molecular complexity index is 755. The molecule has 0 radical (unpaired) electrons. The number of ether oxygens (including phenoxy) is 1. The van der Waals surface area contributed by atoms with Gasteiger partial charge in [-0.05, 0) is 30.7 Å². The molecule has 2 aromatic carbocycles. The van der Waals surface area contributed by atoms with Gasteiger partial charge in [0.15, 0.2) is 5.75 Å². The molecule has 2 N–H and O–H groups in total. The maximum Gasteiger partial charge on any atom is 0.244 e. The SMILES string of the molecule is Cc1ccccc1Oc1cccc(S(=O)(=O)N(C)C)c1N. The molecule has 0 bridgehead atoms. The van der Waals surface area contributed by atoms with Crippen molar-refractivity contribution in [3.8, 4) is 11.5 Å². The number of nitrogens with two attached hydrogens (primary N) is 1. The maximum atomic E-state index is 12.2. The van der Waals surface area contributed by atoms with E-state index in [2.05, 4.69) is 0 Å². The van der Waals surface area contributed by atoms with Crippen molar-refractivity contribution in [2.45, 2.75) is 11.8 Å². The van der Waals surface area contributed by atoms with Crippen LogP contribution in [0.3, 0.4) is 0 Å². The molecule has 21 heavy (non-hydrogen) atoms. The van der Waals surface area contributed by atoms with Crippen LogP contribution in [0.25, 0.3) is 0 Å². The highest BCUT2D eigenvalue weighted by Gasteiger charge is 2.22. The molecule has 0 heterocycles. The van der Waals surface area contributed by atoms with Crippen molar-refractivity contribution < 1.29 is 13.2 Å². The largest absolute Gasteiger partial charge is 0.455 e. The average molecular weight is 306 g/mol. The molecule has 0 aromatic heterocycles. The van der Waals surface area contributed by atoms with Gasteiger partial charge in [0.1, 0.15) is 10.6 Å². The van der Waals surface area contributed by atoms with Crippen LogP contribution in [-0.2, 0) is 10.0 Å². The monoisotopic (exact) mass is 306 g/mol. The number of rotatable bonds is 4. The number of hydrogen-bond donors (Lipinski definition) is 1. The highest BCUT2D eigenvalue weighted by atomic mass is 32.2. The molecule has 0 fully saturated rings. The van der Waals surface area contributed by atoms with E-state index in [4.69, 9.17) is 10.5 Å². The number of para-hydroxylation sites is 2. The number of anilines is 1. The molecule has 0 saturated heterocycles. The molecule has 0 aliphatic heterocycles. The summed E-state index contributed by atoms with van der Waals surface area (Å²) in [6.45, 7) is 1.91. The van der Waals surface area contributed by atoms with Gasteiger partial charge in [0.25, 0.3) is 0 Å². The number of benzene rings is 2. The van der Waals surface area contributed by atoms with E-state index in [0.717, 1.165) is 9.87 Å². The zero-order valence-electron chi connectivity index (χ0n) is 12.2. The number of sulfonamides is 1. The van der Waals surface area contributed by atoms with E-state index < -0.39 is 10.0 Å². The number of aryl methyl sites for hydroxylation is 1. The molecule has 0 unspecified atom stereocenters. The summed E-state index contributed by atoms with van der Waals surface area (Å²) in [5, 5.41) is 0. The summed E-state index contributed by atoms with van der Waals surface area (Å²) in [4.78, 5) is 0.0404. The molecule has 2 rings (SSSR count). The maximum absolute atomic E-state index is 12.2. The highest BCUT2D eigenvalue weighted by Crippen LogP contribution is 2.34. The van der Waals surface area contributed by atoms with E-state index in [1.807, 2.05) is 31.2 Å². The van der Waals surface area contributed by atoms with Gasteiger partial charge >= 0.3 is 0 Å². The molecular formula is C15H18N2O3S. The molecule has 5 nitrogen and oxygen atoms in total. The summed E-state index contributed by atoms with van der Waals surface area (Å²) in [6.07, 6.45) is 0. The molecule has 112 valence electrons. The first kappa shape index (κ1) is 15.3. The van der Waals surface area contributed by atoms with Crippen molar-refractivity contribution in [1.82, 2.24) is 4.31 Å². The summed E-state index contributed by atoms with van der Waals surface area (Å²) in [5.41, 5.74) is 7.02. The van der Waals surface area contributed by atoms with Crippen molar-refractivity contribution in [2.24, 2.45) is 0 Å². The standard InChI is InChI=1S/C15H18N2O3S/c1-11-7-4-5-8-12(11)20-13-9-6-10-14(15(13)16)21(18,19)17(2)3/h4-10H,16H2,1-3H3. The van der Waals surface area contributed by atoms with Crippen LogP contribution in [0.5, 0.6) is 11.5 Å². The van der Waals surface area contributed by atoms with Crippen LogP contribution in [0.15, 0.2) is 47.4 Å². The smallest absolute Gasteiger partial charge is 0.244 e. The summed E-state index contributed by atoms with van der Waals surface area (Å²) >= 11 is 0. The van der Waals surface area contributed by atoms with E-state index in [1.165, 1.54) is 20.2 Å². The molecular weight excluding hydrogens is 288 g/mol. The summed E-state index contributed by atoms with van der Waals surface area (Å²) in [6, 6.07) is 12.2. The van der Waals surface area contributed by atoms with Crippen LogP contribution in [-0.4, -0.2) is 26.8 Å². The van der Waals surface area contributed by atoms with Gasteiger partial charge in [-0.15, -0.1) is 0 Å². The fourth-order valence-electron chi connectivity index (χ4n) is 1.82. The average Bonchev–Trinajstić information content (AvgIpc) is 2.43. The third-order valence-electron chi connectivity index (χ3n) is 3.10. The van der Waals surface area contributed by atoms with E-state index in [1.54, 1.807) is 12.1 Å². The minimum atomic E-state index is -3.60. The summed E-state index contributed by atoms with van der Waals surface area (Å²) in [5.74, 6) is 0.968. The van der Waals surface area contributed by atoms with Gasteiger partial charge < -0.3 is 10.5 Å². The molecule has 0 aliphatic rings. The Morgan fingerprint density at radius 2 is 1.62 bits per heavy atom. The lowest BCUT2D eigenvalue weighted by atomic mass is 10.2. The zero-order valence-corrected chi connectivity index (χ0v) is 13.0. The lowest BCUT2D eigenvalue weighted by molar-refractivity contribution is 0.478. The Morgan fingerprint density at radius 1 is 1.00 bits per heavy atom. The van der Waals surface area contributed by atoms with E-state index in [-0.39, 0.29) is 10.6 Å². The van der Waals surface area contributed by atoms with Crippen LogP contribution in [0, 0.1) is 6.92 Å².